The highest BCUT2D eigenvalue weighted by Crippen LogP contribution is 2.30. The minimum absolute atomic E-state index is 0.147. The highest BCUT2D eigenvalue weighted by molar-refractivity contribution is 7.98. The van der Waals surface area contributed by atoms with Crippen LogP contribution >= 0.6 is 35.3 Å². The number of hydrogen-bond donors (Lipinski definition) is 0. The average Bonchev–Trinajstić information content (AvgIpc) is 3.22. The van der Waals surface area contributed by atoms with E-state index in [0.717, 1.165) is 12.0 Å². The van der Waals surface area contributed by atoms with E-state index in [0.29, 0.717) is 43.2 Å². The van der Waals surface area contributed by atoms with E-state index < -0.39 is 0 Å². The Morgan fingerprint density at radius 1 is 1.00 bits per heavy atom. The Morgan fingerprint density at radius 3 is 2.51 bits per heavy atom. The fourth-order valence-electron chi connectivity index (χ4n) is 3.81. The Kier molecular flexibility index (Phi) is 7.08. The molecule has 0 amide bonds. The summed E-state index contributed by atoms with van der Waals surface area (Å²) >= 11 is 8.49. The minimum atomic E-state index is -0.147. The molecule has 0 aliphatic carbocycles. The molecule has 0 aliphatic heterocycles. The predicted octanol–water partition coefficient (Wildman–Crippen LogP) is 5.92. The SMILES string of the molecule is COc1ccccc1-n1c(SCc2ccncc2)nc2c(sc(=S)n2CCc2ccccc2)c1=O. The highest BCUT2D eigenvalue weighted by atomic mass is 32.2. The summed E-state index contributed by atoms with van der Waals surface area (Å²) in [7, 11) is 1.60. The molecule has 0 unspecified atom stereocenters. The summed E-state index contributed by atoms with van der Waals surface area (Å²) in [6.45, 7) is 0.655. The fraction of sp³-hybridized carbons (Fsp3) is 0.154. The summed E-state index contributed by atoms with van der Waals surface area (Å²) < 4.78 is 10.4. The van der Waals surface area contributed by atoms with Gasteiger partial charge in [-0.1, -0.05) is 65.6 Å². The van der Waals surface area contributed by atoms with Crippen LogP contribution in [-0.2, 0) is 18.7 Å². The fourth-order valence-corrected chi connectivity index (χ4v) is 6.08. The van der Waals surface area contributed by atoms with Crippen molar-refractivity contribution in [1.82, 2.24) is 19.1 Å². The monoisotopic (exact) mass is 518 g/mol. The molecule has 0 saturated carbocycles. The van der Waals surface area contributed by atoms with Crippen molar-refractivity contribution in [3.63, 3.8) is 0 Å². The standard InChI is InChI=1S/C26H22N4O2S3/c1-32-21-10-6-5-9-20(21)30-24(31)22-23(28-25(30)34-17-19-11-14-27-15-12-19)29(26(33)35-22)16-13-18-7-3-2-4-8-18/h2-12,14-15H,13,16-17H2,1H3. The van der Waals surface area contributed by atoms with Gasteiger partial charge < -0.3 is 9.30 Å². The Labute approximate surface area is 215 Å². The molecule has 0 radical (unpaired) electrons. The van der Waals surface area contributed by atoms with Crippen LogP contribution in [0.5, 0.6) is 5.75 Å². The topological polar surface area (TPSA) is 61.9 Å². The quantitative estimate of drug-likeness (QED) is 0.144. The number of nitrogens with zero attached hydrogens (tertiary/aromatic N) is 4. The molecule has 5 aromatic rings. The van der Waals surface area contributed by atoms with Crippen LogP contribution in [0.2, 0.25) is 0 Å². The lowest BCUT2D eigenvalue weighted by molar-refractivity contribution is 0.411. The molecule has 3 aromatic heterocycles. The summed E-state index contributed by atoms with van der Waals surface area (Å²) in [4.78, 5) is 23.0. The maximum absolute atomic E-state index is 13.9. The van der Waals surface area contributed by atoms with Crippen molar-refractivity contribution in [3.8, 4) is 11.4 Å². The third-order valence-corrected chi connectivity index (χ3v) is 8.01. The van der Waals surface area contributed by atoms with Crippen LogP contribution in [-0.4, -0.2) is 26.2 Å². The molecular formula is C26H22N4O2S3. The number of pyridine rings is 1. The average molecular weight is 519 g/mol. The summed E-state index contributed by atoms with van der Waals surface area (Å²) in [5, 5.41) is 0.588. The van der Waals surface area contributed by atoms with E-state index in [1.54, 1.807) is 24.1 Å². The van der Waals surface area contributed by atoms with Crippen molar-refractivity contribution in [2.45, 2.75) is 23.9 Å². The number of fused-ring (bicyclic) bond motifs is 1. The molecule has 0 atom stereocenters. The van der Waals surface area contributed by atoms with Crippen LogP contribution in [0.1, 0.15) is 11.1 Å². The number of thioether (sulfide) groups is 1. The lowest BCUT2D eigenvalue weighted by atomic mass is 10.1. The van der Waals surface area contributed by atoms with E-state index in [4.69, 9.17) is 21.9 Å². The van der Waals surface area contributed by atoms with E-state index in [9.17, 15) is 4.79 Å². The van der Waals surface area contributed by atoms with Gasteiger partial charge in [0.15, 0.2) is 14.8 Å². The van der Waals surface area contributed by atoms with Crippen LogP contribution < -0.4 is 10.3 Å². The Balaban J connectivity index is 1.64. The molecule has 35 heavy (non-hydrogen) atoms. The largest absolute Gasteiger partial charge is 0.495 e. The predicted molar refractivity (Wildman–Crippen MR) is 145 cm³/mol. The van der Waals surface area contributed by atoms with Crippen molar-refractivity contribution < 1.29 is 4.74 Å². The molecule has 0 saturated heterocycles. The first-order chi connectivity index (χ1) is 17.2. The molecule has 2 aromatic carbocycles. The Hall–Kier alpha value is -3.27. The highest BCUT2D eigenvalue weighted by Gasteiger charge is 2.20. The van der Waals surface area contributed by atoms with Gasteiger partial charge in [0, 0.05) is 24.7 Å². The first kappa shape index (κ1) is 23.5. The minimum Gasteiger partial charge on any atom is -0.495 e. The number of rotatable bonds is 8. The first-order valence-electron chi connectivity index (χ1n) is 11.0. The Morgan fingerprint density at radius 2 is 1.74 bits per heavy atom. The van der Waals surface area contributed by atoms with E-state index >= 15 is 0 Å². The molecule has 0 N–H and O–H groups in total. The van der Waals surface area contributed by atoms with Gasteiger partial charge >= 0.3 is 0 Å². The van der Waals surface area contributed by atoms with Crippen LogP contribution in [0, 0.1) is 3.95 Å². The second kappa shape index (κ2) is 10.6. The van der Waals surface area contributed by atoms with E-state index in [2.05, 4.69) is 17.1 Å². The summed E-state index contributed by atoms with van der Waals surface area (Å²) in [6, 6.07) is 21.6. The Bertz CT molecular complexity index is 1580. The zero-order valence-electron chi connectivity index (χ0n) is 19.0. The van der Waals surface area contributed by atoms with Gasteiger partial charge in [0.05, 0.1) is 12.8 Å². The van der Waals surface area contributed by atoms with Crippen molar-refractivity contribution >= 4 is 45.7 Å². The molecule has 176 valence electrons. The number of para-hydroxylation sites is 2. The molecule has 0 spiro atoms. The lowest BCUT2D eigenvalue weighted by Crippen LogP contribution is -2.22. The lowest BCUT2D eigenvalue weighted by Gasteiger charge is -2.15. The summed E-state index contributed by atoms with van der Waals surface area (Å²) in [5.74, 6) is 1.25. The molecule has 5 rings (SSSR count). The second-order valence-electron chi connectivity index (χ2n) is 7.76. The number of benzene rings is 2. The van der Waals surface area contributed by atoms with Crippen LogP contribution in [0.3, 0.4) is 0 Å². The van der Waals surface area contributed by atoms with Crippen molar-refractivity contribution in [2.24, 2.45) is 0 Å². The van der Waals surface area contributed by atoms with E-state index in [1.165, 1.54) is 28.7 Å². The number of ether oxygens (including phenoxy) is 1. The molecular weight excluding hydrogens is 497 g/mol. The number of aryl methyl sites for hydroxylation is 2. The molecule has 6 nitrogen and oxygen atoms in total. The maximum atomic E-state index is 13.9. The van der Waals surface area contributed by atoms with E-state index in [-0.39, 0.29) is 5.56 Å². The number of methoxy groups -OCH3 is 1. The third kappa shape index (κ3) is 4.93. The normalized spacial score (nSPS) is 11.1. The van der Waals surface area contributed by atoms with Crippen molar-refractivity contribution in [2.75, 3.05) is 7.11 Å². The molecule has 0 fully saturated rings. The smallest absolute Gasteiger partial charge is 0.278 e. The zero-order chi connectivity index (χ0) is 24.2. The van der Waals surface area contributed by atoms with Crippen molar-refractivity contribution in [1.29, 1.82) is 0 Å². The molecule has 9 heteroatoms. The number of thiazole rings is 1. The van der Waals surface area contributed by atoms with Gasteiger partial charge in [0.1, 0.15) is 10.4 Å². The van der Waals surface area contributed by atoms with Crippen LogP contribution in [0.25, 0.3) is 16.0 Å². The van der Waals surface area contributed by atoms with Crippen LogP contribution in [0.15, 0.2) is 89.1 Å². The van der Waals surface area contributed by atoms with Gasteiger partial charge in [0.2, 0.25) is 0 Å². The summed E-state index contributed by atoms with van der Waals surface area (Å²) in [5.41, 5.74) is 3.44. The van der Waals surface area contributed by atoms with Gasteiger partial charge in [0.25, 0.3) is 5.56 Å². The van der Waals surface area contributed by atoms with Gasteiger partial charge in [-0.3, -0.25) is 14.3 Å². The third-order valence-electron chi connectivity index (χ3n) is 5.57. The second-order valence-corrected chi connectivity index (χ2v) is 10.3. The molecule has 0 bridgehead atoms. The van der Waals surface area contributed by atoms with Gasteiger partial charge in [-0.05, 0) is 54.0 Å². The van der Waals surface area contributed by atoms with Gasteiger partial charge in [-0.25, -0.2) is 4.98 Å². The molecule has 3 heterocycles. The number of hydrogen-bond acceptors (Lipinski definition) is 7. The van der Waals surface area contributed by atoms with Gasteiger partial charge in [-0.2, -0.15) is 0 Å². The molecule has 0 aliphatic rings. The van der Waals surface area contributed by atoms with Gasteiger partial charge in [-0.15, -0.1) is 0 Å². The maximum Gasteiger partial charge on any atom is 0.278 e. The van der Waals surface area contributed by atoms with Crippen molar-refractivity contribution in [3.05, 3.63) is 105 Å². The van der Waals surface area contributed by atoms with Crippen LogP contribution in [0.4, 0.5) is 0 Å². The first-order valence-corrected chi connectivity index (χ1v) is 13.2. The van der Waals surface area contributed by atoms with E-state index in [1.807, 2.05) is 59.2 Å². The summed E-state index contributed by atoms with van der Waals surface area (Å²) in [6.07, 6.45) is 4.33. The zero-order valence-corrected chi connectivity index (χ0v) is 21.4. The number of aromatic nitrogens is 4.